The molecule has 0 aliphatic rings. The van der Waals surface area contributed by atoms with Crippen molar-refractivity contribution in [2.75, 3.05) is 5.32 Å². The first-order valence-electron chi connectivity index (χ1n) is 11.1. The van der Waals surface area contributed by atoms with E-state index in [0.29, 0.717) is 12.3 Å². The van der Waals surface area contributed by atoms with Crippen LogP contribution < -0.4 is 10.1 Å². The molecule has 4 aromatic carbocycles. The lowest BCUT2D eigenvalue weighted by Crippen LogP contribution is -2.13. The minimum absolute atomic E-state index is 0.0251. The van der Waals surface area contributed by atoms with Gasteiger partial charge in [-0.1, -0.05) is 55.5 Å². The maximum Gasteiger partial charge on any atom is 0.266 e. The van der Waals surface area contributed by atoms with E-state index in [1.54, 1.807) is 6.08 Å². The van der Waals surface area contributed by atoms with Crippen LogP contribution in [0.3, 0.4) is 0 Å². The van der Waals surface area contributed by atoms with Crippen molar-refractivity contribution in [3.63, 3.8) is 0 Å². The van der Waals surface area contributed by atoms with Crippen LogP contribution in [-0.4, -0.2) is 5.91 Å². The summed E-state index contributed by atoms with van der Waals surface area (Å²) < 4.78 is 7.74. The third-order valence-corrected chi connectivity index (χ3v) is 6.90. The largest absolute Gasteiger partial charge is 0.487 e. The highest BCUT2D eigenvalue weighted by Crippen LogP contribution is 2.33. The van der Waals surface area contributed by atoms with Gasteiger partial charge in [0.25, 0.3) is 5.91 Å². The number of fused-ring (bicyclic) bond motifs is 1. The highest BCUT2D eigenvalue weighted by molar-refractivity contribution is 14.1. The Hall–Kier alpha value is -3.15. The van der Waals surface area contributed by atoms with Crippen LogP contribution in [0.5, 0.6) is 5.75 Å². The number of anilines is 1. The van der Waals surface area contributed by atoms with E-state index in [4.69, 9.17) is 4.74 Å². The Labute approximate surface area is 226 Å². The van der Waals surface area contributed by atoms with E-state index >= 15 is 0 Å². The van der Waals surface area contributed by atoms with Gasteiger partial charge in [-0.15, -0.1) is 0 Å². The Kier molecular flexibility index (Phi) is 8.21. The molecule has 0 radical (unpaired) electrons. The van der Waals surface area contributed by atoms with E-state index in [9.17, 15) is 10.1 Å². The third kappa shape index (κ3) is 6.30. The van der Waals surface area contributed by atoms with Gasteiger partial charge in [0, 0.05) is 5.69 Å². The molecule has 0 aliphatic heterocycles. The van der Waals surface area contributed by atoms with E-state index in [2.05, 4.69) is 81.1 Å². The molecule has 0 saturated heterocycles. The first kappa shape index (κ1) is 25.0. The molecule has 0 saturated carbocycles. The molecule has 4 nitrogen and oxygen atoms in total. The summed E-state index contributed by atoms with van der Waals surface area (Å²) in [6, 6.07) is 27.8. The van der Waals surface area contributed by atoms with Crippen molar-refractivity contribution < 1.29 is 9.53 Å². The van der Waals surface area contributed by atoms with Crippen molar-refractivity contribution in [2.45, 2.75) is 20.0 Å². The highest BCUT2D eigenvalue weighted by atomic mass is 127. The molecular weight excluding hydrogens is 615 g/mol. The Morgan fingerprint density at radius 3 is 2.43 bits per heavy atom. The molecule has 0 atom stereocenters. The number of rotatable bonds is 7. The minimum Gasteiger partial charge on any atom is -0.487 e. The number of nitrogens with zero attached hydrogens (tertiary/aromatic N) is 1. The van der Waals surface area contributed by atoms with Gasteiger partial charge in [-0.05, 0) is 109 Å². The van der Waals surface area contributed by atoms with Gasteiger partial charge in [-0.3, -0.25) is 4.79 Å². The molecule has 174 valence electrons. The molecule has 0 aliphatic carbocycles. The second-order valence-corrected chi connectivity index (χ2v) is 9.97. The van der Waals surface area contributed by atoms with Crippen molar-refractivity contribution in [1.82, 2.24) is 0 Å². The molecule has 6 heteroatoms. The lowest BCUT2D eigenvalue weighted by molar-refractivity contribution is -0.112. The number of carbonyl (C=O) groups excluding carboxylic acids is 1. The van der Waals surface area contributed by atoms with Gasteiger partial charge in [0.05, 0.1) is 8.04 Å². The first-order chi connectivity index (χ1) is 17.0. The summed E-state index contributed by atoms with van der Waals surface area (Å²) in [5, 5.41) is 14.7. The lowest BCUT2D eigenvalue weighted by Gasteiger charge is -2.12. The Morgan fingerprint density at radius 2 is 1.74 bits per heavy atom. The predicted octanol–water partition coefficient (Wildman–Crippen LogP) is 7.89. The van der Waals surface area contributed by atoms with Crippen LogP contribution in [0.2, 0.25) is 0 Å². The molecule has 0 bridgehead atoms. The van der Waals surface area contributed by atoms with Crippen molar-refractivity contribution in [3.05, 3.63) is 109 Å². The zero-order valence-corrected chi connectivity index (χ0v) is 22.8. The van der Waals surface area contributed by atoms with Crippen molar-refractivity contribution in [2.24, 2.45) is 0 Å². The molecule has 0 aromatic heterocycles. The van der Waals surface area contributed by atoms with Gasteiger partial charge < -0.3 is 10.1 Å². The zero-order chi connectivity index (χ0) is 24.8. The minimum atomic E-state index is -0.445. The van der Waals surface area contributed by atoms with E-state index in [0.717, 1.165) is 31.3 Å². The molecule has 0 unspecified atom stereocenters. The number of hydrogen-bond donors (Lipinski definition) is 1. The summed E-state index contributed by atoms with van der Waals surface area (Å²) in [5.74, 6) is 0.273. The fraction of sp³-hybridized carbons (Fsp3) is 0.103. The standard InChI is InChI=1S/C29H22BrIN2O2/c1-2-19-8-11-25(12-9-19)33-29(34)24(17-32)14-21-15-26(30)28(27(31)16-21)35-18-20-7-10-22-5-3-4-6-23(22)13-20/h3-16H,2,18H2,1H3,(H,33,34)/b24-14+. The molecule has 0 heterocycles. The van der Waals surface area contributed by atoms with Gasteiger partial charge >= 0.3 is 0 Å². The van der Waals surface area contributed by atoms with E-state index in [-0.39, 0.29) is 5.57 Å². The number of amides is 1. The summed E-state index contributed by atoms with van der Waals surface area (Å²) in [5.41, 5.74) is 3.66. The van der Waals surface area contributed by atoms with Gasteiger partial charge in [-0.25, -0.2) is 0 Å². The molecular formula is C29H22BrIN2O2. The summed E-state index contributed by atoms with van der Waals surface area (Å²) >= 11 is 5.79. The average Bonchev–Trinajstić information content (AvgIpc) is 2.87. The summed E-state index contributed by atoms with van der Waals surface area (Å²) in [6.45, 7) is 2.50. The molecule has 0 fully saturated rings. The second kappa shape index (κ2) is 11.5. The lowest BCUT2D eigenvalue weighted by atomic mass is 10.1. The van der Waals surface area contributed by atoms with E-state index in [1.807, 2.05) is 54.6 Å². The van der Waals surface area contributed by atoms with Gasteiger partial charge in [0.2, 0.25) is 0 Å². The molecule has 4 rings (SSSR count). The average molecular weight is 637 g/mol. The second-order valence-electron chi connectivity index (χ2n) is 7.96. The molecule has 0 spiro atoms. The topological polar surface area (TPSA) is 62.1 Å². The van der Waals surface area contributed by atoms with Gasteiger partial charge in [-0.2, -0.15) is 5.26 Å². The van der Waals surface area contributed by atoms with Crippen LogP contribution in [0.4, 0.5) is 5.69 Å². The zero-order valence-electron chi connectivity index (χ0n) is 19.0. The fourth-order valence-electron chi connectivity index (χ4n) is 3.62. The van der Waals surface area contributed by atoms with Crippen LogP contribution in [-0.2, 0) is 17.8 Å². The summed E-state index contributed by atoms with van der Waals surface area (Å²) in [4.78, 5) is 12.7. The molecule has 4 aromatic rings. The fourth-order valence-corrected chi connectivity index (χ4v) is 5.39. The normalized spacial score (nSPS) is 11.2. The van der Waals surface area contributed by atoms with Gasteiger partial charge in [0.15, 0.2) is 0 Å². The number of halogens is 2. The smallest absolute Gasteiger partial charge is 0.266 e. The van der Waals surface area contributed by atoms with Crippen LogP contribution in [0.25, 0.3) is 16.8 Å². The number of nitriles is 1. The predicted molar refractivity (Wildman–Crippen MR) is 153 cm³/mol. The number of nitrogens with one attached hydrogen (secondary N) is 1. The van der Waals surface area contributed by atoms with Crippen molar-refractivity contribution in [3.8, 4) is 11.8 Å². The summed E-state index contributed by atoms with van der Waals surface area (Å²) in [6.07, 6.45) is 2.50. The maximum atomic E-state index is 12.7. The van der Waals surface area contributed by atoms with Crippen LogP contribution in [0.15, 0.2) is 88.9 Å². The van der Waals surface area contributed by atoms with E-state index in [1.165, 1.54) is 16.3 Å². The van der Waals surface area contributed by atoms with Crippen LogP contribution in [0, 0.1) is 14.9 Å². The monoisotopic (exact) mass is 636 g/mol. The molecule has 1 N–H and O–H groups in total. The van der Waals surface area contributed by atoms with Crippen molar-refractivity contribution >= 4 is 67.0 Å². The van der Waals surface area contributed by atoms with E-state index < -0.39 is 5.91 Å². The van der Waals surface area contributed by atoms with Crippen LogP contribution >= 0.6 is 38.5 Å². The highest BCUT2D eigenvalue weighted by Gasteiger charge is 2.13. The number of hydrogen-bond acceptors (Lipinski definition) is 3. The third-order valence-electron chi connectivity index (χ3n) is 5.51. The molecule has 1 amide bonds. The Bertz CT molecular complexity index is 1430. The number of ether oxygens (including phenoxy) is 1. The molecule has 35 heavy (non-hydrogen) atoms. The van der Waals surface area contributed by atoms with Crippen molar-refractivity contribution in [1.29, 1.82) is 5.26 Å². The Morgan fingerprint density at radius 1 is 1.03 bits per heavy atom. The quantitative estimate of drug-likeness (QED) is 0.127. The first-order valence-corrected chi connectivity index (χ1v) is 13.0. The van der Waals surface area contributed by atoms with Gasteiger partial charge in [0.1, 0.15) is 24.0 Å². The maximum absolute atomic E-state index is 12.7. The van der Waals surface area contributed by atoms with Crippen LogP contribution in [0.1, 0.15) is 23.6 Å². The Balaban J connectivity index is 1.48. The SMILES string of the molecule is CCc1ccc(NC(=O)/C(C#N)=C/c2cc(Br)c(OCc3ccc4ccccc4c3)c(I)c2)cc1. The number of benzene rings is 4. The summed E-state index contributed by atoms with van der Waals surface area (Å²) in [7, 11) is 0. The number of aryl methyl sites for hydroxylation is 1. The number of carbonyl (C=O) groups is 1.